The van der Waals surface area contributed by atoms with Crippen LogP contribution in [0, 0.1) is 13.8 Å². The minimum atomic E-state index is 0.143. The summed E-state index contributed by atoms with van der Waals surface area (Å²) in [5.74, 6) is 0.957. The van der Waals surface area contributed by atoms with E-state index in [2.05, 4.69) is 38.1 Å². The summed E-state index contributed by atoms with van der Waals surface area (Å²) in [6, 6.07) is 12.1. The second-order valence-corrected chi connectivity index (χ2v) is 5.88. The molecule has 0 aromatic heterocycles. The Morgan fingerprint density at radius 2 is 1.86 bits per heavy atom. The average Bonchev–Trinajstić information content (AvgIpc) is 2.53. The molecule has 0 aliphatic heterocycles. The van der Waals surface area contributed by atoms with Crippen LogP contribution in [0.25, 0.3) is 6.08 Å². The van der Waals surface area contributed by atoms with Crippen molar-refractivity contribution in [2.45, 2.75) is 26.7 Å². The van der Waals surface area contributed by atoms with Gasteiger partial charge in [0.05, 0.1) is 7.11 Å². The van der Waals surface area contributed by atoms with E-state index in [4.69, 9.17) is 4.74 Å². The van der Waals surface area contributed by atoms with Crippen LogP contribution in [0.4, 0.5) is 0 Å². The van der Waals surface area contributed by atoms with Crippen molar-refractivity contribution in [3.8, 4) is 5.75 Å². The van der Waals surface area contributed by atoms with Crippen LogP contribution in [0.2, 0.25) is 0 Å². The number of benzene rings is 2. The Kier molecular flexibility index (Phi) is 3.84. The molecule has 0 radical (unpaired) electrons. The van der Waals surface area contributed by atoms with Crippen LogP contribution in [0.3, 0.4) is 0 Å². The summed E-state index contributed by atoms with van der Waals surface area (Å²) in [6.45, 7) is 4.16. The third kappa shape index (κ3) is 2.69. The van der Waals surface area contributed by atoms with E-state index in [0.29, 0.717) is 0 Å². The van der Waals surface area contributed by atoms with Gasteiger partial charge in [0.1, 0.15) is 5.75 Å². The number of hydrogen-bond acceptors (Lipinski definition) is 2. The predicted octanol–water partition coefficient (Wildman–Crippen LogP) is 4.52. The maximum Gasteiger partial charge on any atom is 0.189 e. The van der Waals surface area contributed by atoms with Gasteiger partial charge in [-0.1, -0.05) is 23.8 Å². The molecular weight excluding hydrogens is 272 g/mol. The number of rotatable bonds is 2. The number of fused-ring (bicyclic) bond motifs is 1. The summed E-state index contributed by atoms with van der Waals surface area (Å²) in [4.78, 5) is 12.7. The number of ketones is 1. The number of methoxy groups -OCH3 is 1. The highest BCUT2D eigenvalue weighted by Gasteiger charge is 2.22. The van der Waals surface area contributed by atoms with Crippen molar-refractivity contribution in [2.24, 2.45) is 0 Å². The fourth-order valence-electron chi connectivity index (χ4n) is 2.92. The number of hydrogen-bond donors (Lipinski definition) is 0. The Balaban J connectivity index is 1.99. The SMILES string of the molecule is COc1ccc2c(c1)CC/C(=C\c1cc(C)ccc1C)C2=O. The van der Waals surface area contributed by atoms with Gasteiger partial charge in [0.15, 0.2) is 5.78 Å². The first-order valence-corrected chi connectivity index (χ1v) is 7.58. The highest BCUT2D eigenvalue weighted by molar-refractivity contribution is 6.13. The molecule has 2 nitrogen and oxygen atoms in total. The molecule has 0 fully saturated rings. The first-order valence-electron chi connectivity index (χ1n) is 7.58. The molecule has 0 saturated heterocycles. The Labute approximate surface area is 131 Å². The Morgan fingerprint density at radius 3 is 2.64 bits per heavy atom. The van der Waals surface area contributed by atoms with E-state index >= 15 is 0 Å². The summed E-state index contributed by atoms with van der Waals surface area (Å²) in [6.07, 6.45) is 3.72. The monoisotopic (exact) mass is 292 g/mol. The number of carbonyl (C=O) groups excluding carboxylic acids is 1. The highest BCUT2D eigenvalue weighted by atomic mass is 16.5. The molecule has 0 heterocycles. The van der Waals surface area contributed by atoms with Crippen LogP contribution >= 0.6 is 0 Å². The minimum Gasteiger partial charge on any atom is -0.497 e. The molecule has 0 bridgehead atoms. The van der Waals surface area contributed by atoms with Crippen LogP contribution in [0.1, 0.15) is 39.0 Å². The number of aryl methyl sites for hydroxylation is 3. The molecule has 112 valence electrons. The third-order valence-electron chi connectivity index (χ3n) is 4.28. The van der Waals surface area contributed by atoms with Crippen molar-refractivity contribution in [3.63, 3.8) is 0 Å². The average molecular weight is 292 g/mol. The maximum absolute atomic E-state index is 12.7. The van der Waals surface area contributed by atoms with Gasteiger partial charge in [-0.2, -0.15) is 0 Å². The van der Waals surface area contributed by atoms with Gasteiger partial charge in [-0.3, -0.25) is 4.79 Å². The van der Waals surface area contributed by atoms with Gasteiger partial charge in [-0.05, 0) is 67.7 Å². The van der Waals surface area contributed by atoms with E-state index in [1.54, 1.807) is 7.11 Å². The molecule has 0 N–H and O–H groups in total. The quantitative estimate of drug-likeness (QED) is 0.760. The summed E-state index contributed by atoms with van der Waals surface area (Å²) >= 11 is 0. The highest BCUT2D eigenvalue weighted by Crippen LogP contribution is 2.30. The standard InChI is InChI=1S/C20H20O2/c1-13-4-5-14(2)17(10-13)11-16-7-6-15-12-18(22-3)8-9-19(15)20(16)21/h4-5,8-12H,6-7H2,1-3H3/b16-11+. The van der Waals surface area contributed by atoms with Crippen molar-refractivity contribution in [3.05, 3.63) is 69.8 Å². The van der Waals surface area contributed by atoms with Gasteiger partial charge in [-0.15, -0.1) is 0 Å². The van der Waals surface area contributed by atoms with Gasteiger partial charge in [0, 0.05) is 11.1 Å². The maximum atomic E-state index is 12.7. The van der Waals surface area contributed by atoms with Crippen LogP contribution < -0.4 is 4.74 Å². The molecule has 0 amide bonds. The molecule has 0 saturated carbocycles. The zero-order valence-corrected chi connectivity index (χ0v) is 13.3. The molecule has 2 aromatic rings. The van der Waals surface area contributed by atoms with Crippen molar-refractivity contribution in [1.29, 1.82) is 0 Å². The zero-order chi connectivity index (χ0) is 15.7. The summed E-state index contributed by atoms with van der Waals surface area (Å²) in [7, 11) is 1.65. The topological polar surface area (TPSA) is 26.3 Å². The van der Waals surface area contributed by atoms with E-state index < -0.39 is 0 Å². The molecule has 0 spiro atoms. The lowest BCUT2D eigenvalue weighted by atomic mass is 9.85. The Bertz CT molecular complexity index is 769. The van der Waals surface area contributed by atoms with Crippen molar-refractivity contribution >= 4 is 11.9 Å². The van der Waals surface area contributed by atoms with E-state index in [1.165, 1.54) is 11.1 Å². The van der Waals surface area contributed by atoms with E-state index in [9.17, 15) is 4.79 Å². The lowest BCUT2D eigenvalue weighted by Gasteiger charge is -2.18. The fraction of sp³-hybridized carbons (Fsp3) is 0.250. The van der Waals surface area contributed by atoms with Crippen LogP contribution in [0.15, 0.2) is 42.0 Å². The van der Waals surface area contributed by atoms with Gasteiger partial charge in [-0.25, -0.2) is 0 Å². The number of allylic oxidation sites excluding steroid dienone is 1. The first-order chi connectivity index (χ1) is 10.6. The normalized spacial score (nSPS) is 15.8. The van der Waals surface area contributed by atoms with Crippen molar-refractivity contribution in [1.82, 2.24) is 0 Å². The molecule has 1 aliphatic carbocycles. The first kappa shape index (κ1) is 14.6. The third-order valence-corrected chi connectivity index (χ3v) is 4.28. The van der Waals surface area contributed by atoms with Gasteiger partial charge < -0.3 is 4.74 Å². The number of carbonyl (C=O) groups is 1. The molecule has 1 aliphatic rings. The second kappa shape index (κ2) is 5.80. The smallest absolute Gasteiger partial charge is 0.189 e. The Hall–Kier alpha value is -2.35. The summed E-state index contributed by atoms with van der Waals surface area (Å²) in [5, 5.41) is 0. The van der Waals surface area contributed by atoms with Crippen molar-refractivity contribution in [2.75, 3.05) is 7.11 Å². The molecule has 0 unspecified atom stereocenters. The lowest BCUT2D eigenvalue weighted by molar-refractivity contribution is 0.102. The molecular formula is C20H20O2. The van der Waals surface area contributed by atoms with Crippen LogP contribution in [-0.4, -0.2) is 12.9 Å². The molecule has 0 atom stereocenters. The summed E-state index contributed by atoms with van der Waals surface area (Å²) < 4.78 is 5.24. The van der Waals surface area contributed by atoms with E-state index in [-0.39, 0.29) is 5.78 Å². The number of ether oxygens (including phenoxy) is 1. The van der Waals surface area contributed by atoms with Crippen LogP contribution in [0.5, 0.6) is 5.75 Å². The fourth-order valence-corrected chi connectivity index (χ4v) is 2.92. The molecule has 3 rings (SSSR count). The summed E-state index contributed by atoms with van der Waals surface area (Å²) in [5.41, 5.74) is 6.34. The largest absolute Gasteiger partial charge is 0.497 e. The van der Waals surface area contributed by atoms with Crippen LogP contribution in [-0.2, 0) is 6.42 Å². The number of Topliss-reactive ketones (excluding diaryl/α,β-unsaturated/α-hetero) is 1. The minimum absolute atomic E-state index is 0.143. The van der Waals surface area contributed by atoms with Gasteiger partial charge in [0.2, 0.25) is 0 Å². The Morgan fingerprint density at radius 1 is 1.05 bits per heavy atom. The molecule has 22 heavy (non-hydrogen) atoms. The zero-order valence-electron chi connectivity index (χ0n) is 13.3. The molecule has 2 aromatic carbocycles. The second-order valence-electron chi connectivity index (χ2n) is 5.88. The van der Waals surface area contributed by atoms with Gasteiger partial charge >= 0.3 is 0 Å². The molecule has 2 heteroatoms. The predicted molar refractivity (Wildman–Crippen MR) is 89.5 cm³/mol. The van der Waals surface area contributed by atoms with E-state index in [0.717, 1.165) is 40.9 Å². The van der Waals surface area contributed by atoms with E-state index in [1.807, 2.05) is 18.2 Å². The van der Waals surface area contributed by atoms with Crippen molar-refractivity contribution < 1.29 is 9.53 Å². The van der Waals surface area contributed by atoms with Gasteiger partial charge in [0.25, 0.3) is 0 Å². The lowest BCUT2D eigenvalue weighted by Crippen LogP contribution is -2.14.